The molecular weight excluding hydrogens is 244 g/mol. The van der Waals surface area contributed by atoms with Crippen LogP contribution in [0.4, 0.5) is 0 Å². The molecule has 0 saturated heterocycles. The van der Waals surface area contributed by atoms with Crippen molar-refractivity contribution in [2.24, 2.45) is 0 Å². The van der Waals surface area contributed by atoms with Crippen LogP contribution in [0.25, 0.3) is 0 Å². The molecule has 0 N–H and O–H groups in total. The van der Waals surface area contributed by atoms with Crippen molar-refractivity contribution in [2.45, 2.75) is 38.7 Å². The molecule has 0 spiro atoms. The maximum Gasteiger partial charge on any atom is 0.342 e. The number of ether oxygens (including phenoxy) is 2. The van der Waals surface area contributed by atoms with Crippen LogP contribution < -0.4 is 4.74 Å². The summed E-state index contributed by atoms with van der Waals surface area (Å²) in [6, 6.07) is 7.05. The number of carbonyl (C=O) groups is 2. The summed E-state index contributed by atoms with van der Waals surface area (Å²) in [5, 5.41) is 0. The summed E-state index contributed by atoms with van der Waals surface area (Å²) in [6.45, 7) is 2.37. The SMILES string of the molecule is CCOc1ccccc1C(=O)OC1CCC(=O)CC1. The molecule has 102 valence electrons. The van der Waals surface area contributed by atoms with Crippen LogP contribution in [0.1, 0.15) is 43.0 Å². The fraction of sp³-hybridized carbons (Fsp3) is 0.467. The predicted molar refractivity (Wildman–Crippen MR) is 70.3 cm³/mol. The van der Waals surface area contributed by atoms with Gasteiger partial charge in [-0.2, -0.15) is 0 Å². The number of Topliss-reactive ketones (excluding diaryl/α,β-unsaturated/α-hetero) is 1. The molecule has 0 aliphatic heterocycles. The Morgan fingerprint density at radius 3 is 2.63 bits per heavy atom. The van der Waals surface area contributed by atoms with Crippen molar-refractivity contribution in [3.63, 3.8) is 0 Å². The smallest absolute Gasteiger partial charge is 0.342 e. The number of hydrogen-bond acceptors (Lipinski definition) is 4. The Morgan fingerprint density at radius 2 is 1.95 bits per heavy atom. The lowest BCUT2D eigenvalue weighted by molar-refractivity contribution is -0.122. The van der Waals surface area contributed by atoms with Gasteiger partial charge in [-0.25, -0.2) is 4.79 Å². The van der Waals surface area contributed by atoms with Crippen molar-refractivity contribution >= 4 is 11.8 Å². The van der Waals surface area contributed by atoms with E-state index in [1.807, 2.05) is 13.0 Å². The Kier molecular flexibility index (Phi) is 4.55. The van der Waals surface area contributed by atoms with E-state index in [0.717, 1.165) is 0 Å². The number of esters is 1. The van der Waals surface area contributed by atoms with Gasteiger partial charge >= 0.3 is 5.97 Å². The molecule has 0 bridgehead atoms. The molecule has 1 aliphatic rings. The van der Waals surface area contributed by atoms with Gasteiger partial charge in [0, 0.05) is 12.8 Å². The zero-order chi connectivity index (χ0) is 13.7. The quantitative estimate of drug-likeness (QED) is 0.783. The largest absolute Gasteiger partial charge is 0.493 e. The van der Waals surface area contributed by atoms with Crippen LogP contribution in [0.5, 0.6) is 5.75 Å². The van der Waals surface area contributed by atoms with Crippen LogP contribution in [0.15, 0.2) is 24.3 Å². The maximum absolute atomic E-state index is 12.1. The zero-order valence-electron chi connectivity index (χ0n) is 11.1. The molecule has 1 fully saturated rings. The highest BCUT2D eigenvalue weighted by Gasteiger charge is 2.23. The van der Waals surface area contributed by atoms with E-state index in [4.69, 9.17) is 9.47 Å². The van der Waals surface area contributed by atoms with Gasteiger partial charge in [-0.15, -0.1) is 0 Å². The lowest BCUT2D eigenvalue weighted by Crippen LogP contribution is -2.24. The second kappa shape index (κ2) is 6.36. The van der Waals surface area contributed by atoms with Crippen molar-refractivity contribution in [1.82, 2.24) is 0 Å². The molecule has 0 heterocycles. The summed E-state index contributed by atoms with van der Waals surface area (Å²) >= 11 is 0. The second-order valence-electron chi connectivity index (χ2n) is 4.57. The Labute approximate surface area is 112 Å². The number of para-hydroxylation sites is 1. The fourth-order valence-corrected chi connectivity index (χ4v) is 2.16. The third kappa shape index (κ3) is 3.56. The number of hydrogen-bond donors (Lipinski definition) is 0. The van der Waals surface area contributed by atoms with E-state index >= 15 is 0 Å². The standard InChI is InChI=1S/C15H18O4/c1-2-18-14-6-4-3-5-13(14)15(17)19-12-9-7-11(16)8-10-12/h3-6,12H,2,7-10H2,1H3. The van der Waals surface area contributed by atoms with Gasteiger partial charge < -0.3 is 9.47 Å². The van der Waals surface area contributed by atoms with Crippen LogP contribution in [0.2, 0.25) is 0 Å². The molecule has 1 aromatic carbocycles. The van der Waals surface area contributed by atoms with E-state index in [1.54, 1.807) is 18.2 Å². The minimum Gasteiger partial charge on any atom is -0.493 e. The van der Waals surface area contributed by atoms with Gasteiger partial charge in [0.05, 0.1) is 6.61 Å². The molecular formula is C15H18O4. The minimum atomic E-state index is -0.372. The number of ketones is 1. The van der Waals surface area contributed by atoms with E-state index in [1.165, 1.54) is 0 Å². The van der Waals surface area contributed by atoms with Crippen LogP contribution in [-0.2, 0) is 9.53 Å². The van der Waals surface area contributed by atoms with E-state index < -0.39 is 0 Å². The van der Waals surface area contributed by atoms with Crippen LogP contribution in [0.3, 0.4) is 0 Å². The van der Waals surface area contributed by atoms with Gasteiger partial charge in [-0.05, 0) is 31.9 Å². The lowest BCUT2D eigenvalue weighted by Gasteiger charge is -2.21. The molecule has 0 atom stereocenters. The number of benzene rings is 1. The molecule has 1 saturated carbocycles. The first-order chi connectivity index (χ1) is 9.20. The first kappa shape index (κ1) is 13.6. The molecule has 2 rings (SSSR count). The summed E-state index contributed by atoms with van der Waals surface area (Å²) in [7, 11) is 0. The summed E-state index contributed by atoms with van der Waals surface area (Å²) in [6.07, 6.45) is 2.11. The highest BCUT2D eigenvalue weighted by Crippen LogP contribution is 2.23. The number of rotatable bonds is 4. The van der Waals surface area contributed by atoms with Gasteiger partial charge in [0.1, 0.15) is 23.2 Å². The van der Waals surface area contributed by atoms with E-state index in [2.05, 4.69) is 0 Å². The van der Waals surface area contributed by atoms with Crippen molar-refractivity contribution < 1.29 is 19.1 Å². The Bertz CT molecular complexity index is 457. The molecule has 19 heavy (non-hydrogen) atoms. The molecule has 0 unspecified atom stereocenters. The van der Waals surface area contributed by atoms with E-state index in [0.29, 0.717) is 43.6 Å². The summed E-state index contributed by atoms with van der Waals surface area (Å²) < 4.78 is 10.9. The molecule has 1 aliphatic carbocycles. The molecule has 4 nitrogen and oxygen atoms in total. The average molecular weight is 262 g/mol. The molecule has 1 aromatic rings. The highest BCUT2D eigenvalue weighted by atomic mass is 16.5. The Hall–Kier alpha value is -1.84. The van der Waals surface area contributed by atoms with E-state index in [-0.39, 0.29) is 17.9 Å². The van der Waals surface area contributed by atoms with Gasteiger partial charge in [0.15, 0.2) is 0 Å². The predicted octanol–water partition coefficient (Wildman–Crippen LogP) is 2.75. The Balaban J connectivity index is 2.01. The molecule has 0 aromatic heterocycles. The van der Waals surface area contributed by atoms with Crippen LogP contribution in [-0.4, -0.2) is 24.5 Å². The summed E-state index contributed by atoms with van der Waals surface area (Å²) in [5.41, 5.74) is 0.446. The van der Waals surface area contributed by atoms with Crippen molar-refractivity contribution in [3.05, 3.63) is 29.8 Å². The first-order valence-electron chi connectivity index (χ1n) is 6.65. The third-order valence-electron chi connectivity index (χ3n) is 3.17. The van der Waals surface area contributed by atoms with E-state index in [9.17, 15) is 9.59 Å². The molecule has 0 amide bonds. The van der Waals surface area contributed by atoms with Crippen LogP contribution in [0, 0.1) is 0 Å². The average Bonchev–Trinajstić information content (AvgIpc) is 2.42. The summed E-state index contributed by atoms with van der Waals surface area (Å²) in [4.78, 5) is 23.2. The number of carbonyl (C=O) groups excluding carboxylic acids is 2. The minimum absolute atomic E-state index is 0.153. The second-order valence-corrected chi connectivity index (χ2v) is 4.57. The van der Waals surface area contributed by atoms with Crippen LogP contribution >= 0.6 is 0 Å². The van der Waals surface area contributed by atoms with Crippen molar-refractivity contribution in [1.29, 1.82) is 0 Å². The monoisotopic (exact) mass is 262 g/mol. The normalized spacial score (nSPS) is 16.2. The fourth-order valence-electron chi connectivity index (χ4n) is 2.16. The lowest BCUT2D eigenvalue weighted by atomic mass is 9.96. The zero-order valence-corrected chi connectivity index (χ0v) is 11.1. The van der Waals surface area contributed by atoms with Gasteiger partial charge in [0.25, 0.3) is 0 Å². The molecule has 4 heteroatoms. The van der Waals surface area contributed by atoms with Crippen molar-refractivity contribution in [3.8, 4) is 5.75 Å². The third-order valence-corrected chi connectivity index (χ3v) is 3.17. The molecule has 0 radical (unpaired) electrons. The van der Waals surface area contributed by atoms with Gasteiger partial charge in [-0.3, -0.25) is 4.79 Å². The van der Waals surface area contributed by atoms with Gasteiger partial charge in [0.2, 0.25) is 0 Å². The topological polar surface area (TPSA) is 52.6 Å². The van der Waals surface area contributed by atoms with Gasteiger partial charge in [-0.1, -0.05) is 12.1 Å². The highest BCUT2D eigenvalue weighted by molar-refractivity contribution is 5.92. The first-order valence-corrected chi connectivity index (χ1v) is 6.65. The Morgan fingerprint density at radius 1 is 1.26 bits per heavy atom. The maximum atomic E-state index is 12.1. The summed E-state index contributed by atoms with van der Waals surface area (Å²) in [5.74, 6) is 0.423. The van der Waals surface area contributed by atoms with Crippen molar-refractivity contribution in [2.75, 3.05) is 6.61 Å².